The molecule has 0 saturated heterocycles. The monoisotopic (exact) mass is 371 g/mol. The van der Waals surface area contributed by atoms with Gasteiger partial charge in [-0.15, -0.1) is 5.10 Å². The Labute approximate surface area is 112 Å². The molecule has 18 heavy (non-hydrogen) atoms. The molecule has 2 aromatic rings. The van der Waals surface area contributed by atoms with Crippen molar-refractivity contribution in [1.82, 2.24) is 9.94 Å². The molecule has 96 valence electrons. The van der Waals surface area contributed by atoms with Crippen molar-refractivity contribution in [2.45, 2.75) is 6.18 Å². The maximum Gasteiger partial charge on any atom is 0.493 e. The van der Waals surface area contributed by atoms with Crippen LogP contribution in [0.5, 0.6) is 0 Å². The number of benzene rings is 1. The molecule has 9 heteroatoms. The zero-order chi connectivity index (χ0) is 13.5. The number of nitrogens with two attached hydrogens (primary N) is 1. The molecular weight excluding hydrogens is 366 g/mol. The van der Waals surface area contributed by atoms with Crippen LogP contribution in [0.2, 0.25) is 0 Å². The van der Waals surface area contributed by atoms with Gasteiger partial charge in [-0.2, -0.15) is 13.2 Å². The summed E-state index contributed by atoms with van der Waals surface area (Å²) in [5, 5.41) is 4.19. The third-order valence-corrected chi connectivity index (χ3v) is 2.83. The summed E-state index contributed by atoms with van der Waals surface area (Å²) >= 11 is 1.80. The molecule has 0 aliphatic rings. The standard InChI is InChI=1S/C9H5F3IN3O2/c10-9(11,12)8(17)18-16-6-2-1-4(14)3-5(6)7(13)15-16/h1-3H,14H2. The van der Waals surface area contributed by atoms with Gasteiger partial charge in [0.2, 0.25) is 0 Å². The van der Waals surface area contributed by atoms with Crippen LogP contribution in [0, 0.1) is 3.70 Å². The summed E-state index contributed by atoms with van der Waals surface area (Å²) in [6.07, 6.45) is -5.07. The van der Waals surface area contributed by atoms with E-state index in [4.69, 9.17) is 5.73 Å². The number of hydrogen-bond donors (Lipinski definition) is 1. The molecular formula is C9H5F3IN3O2. The van der Waals surface area contributed by atoms with Crippen LogP contribution in [0.3, 0.4) is 0 Å². The minimum atomic E-state index is -5.07. The van der Waals surface area contributed by atoms with Crippen molar-refractivity contribution < 1.29 is 22.8 Å². The van der Waals surface area contributed by atoms with E-state index in [-0.39, 0.29) is 5.52 Å². The fourth-order valence-electron chi connectivity index (χ4n) is 1.27. The number of alkyl halides is 3. The molecule has 2 N–H and O–H groups in total. The van der Waals surface area contributed by atoms with Crippen LogP contribution < -0.4 is 10.6 Å². The lowest BCUT2D eigenvalue weighted by Crippen LogP contribution is -2.33. The van der Waals surface area contributed by atoms with E-state index in [1.54, 1.807) is 22.6 Å². The van der Waals surface area contributed by atoms with Crippen LogP contribution in [-0.4, -0.2) is 22.1 Å². The summed E-state index contributed by atoms with van der Waals surface area (Å²) in [4.78, 5) is 15.4. The van der Waals surface area contributed by atoms with Gasteiger partial charge in [0.1, 0.15) is 9.22 Å². The predicted octanol–water partition coefficient (Wildman–Crippen LogP) is 1.74. The zero-order valence-corrected chi connectivity index (χ0v) is 10.7. The van der Waals surface area contributed by atoms with Crippen molar-refractivity contribution >= 4 is 45.2 Å². The number of fused-ring (bicyclic) bond motifs is 1. The Balaban J connectivity index is 2.44. The molecule has 0 spiro atoms. The molecule has 1 heterocycles. The van der Waals surface area contributed by atoms with Crippen molar-refractivity contribution in [3.05, 3.63) is 21.9 Å². The molecule has 0 amide bonds. The molecule has 0 aliphatic heterocycles. The van der Waals surface area contributed by atoms with Gasteiger partial charge in [0, 0.05) is 11.1 Å². The molecule has 0 fully saturated rings. The summed E-state index contributed by atoms with van der Waals surface area (Å²) in [5.74, 6) is -2.33. The number of halogens is 4. The van der Waals surface area contributed by atoms with Gasteiger partial charge < -0.3 is 10.6 Å². The van der Waals surface area contributed by atoms with Crippen LogP contribution in [0.1, 0.15) is 0 Å². The van der Waals surface area contributed by atoms with E-state index in [1.165, 1.54) is 18.2 Å². The van der Waals surface area contributed by atoms with Gasteiger partial charge in [0.05, 0.1) is 0 Å². The van der Waals surface area contributed by atoms with Gasteiger partial charge in [0.25, 0.3) is 0 Å². The fraction of sp³-hybridized carbons (Fsp3) is 0.111. The van der Waals surface area contributed by atoms with Gasteiger partial charge in [-0.3, -0.25) is 0 Å². The lowest BCUT2D eigenvalue weighted by molar-refractivity contribution is -0.200. The molecule has 5 nitrogen and oxygen atoms in total. The van der Waals surface area contributed by atoms with Crippen LogP contribution >= 0.6 is 22.6 Å². The first-order chi connectivity index (χ1) is 8.29. The highest BCUT2D eigenvalue weighted by Crippen LogP contribution is 2.23. The third kappa shape index (κ3) is 2.35. The largest absolute Gasteiger partial charge is 0.493 e. The first-order valence-corrected chi connectivity index (χ1v) is 5.60. The fourth-order valence-corrected chi connectivity index (χ4v) is 1.90. The van der Waals surface area contributed by atoms with Gasteiger partial charge in [-0.1, -0.05) is 4.85 Å². The molecule has 0 aliphatic carbocycles. The van der Waals surface area contributed by atoms with Crippen molar-refractivity contribution in [2.24, 2.45) is 0 Å². The summed E-state index contributed by atoms with van der Waals surface area (Å²) in [5.41, 5.74) is 6.20. The molecule has 0 atom stereocenters. The highest BCUT2D eigenvalue weighted by molar-refractivity contribution is 14.1. The number of carbonyl (C=O) groups excluding carboxylic acids is 1. The highest BCUT2D eigenvalue weighted by atomic mass is 127. The number of nitrogen functional groups attached to an aromatic ring is 1. The number of hydrogen-bond acceptors (Lipinski definition) is 4. The van der Waals surface area contributed by atoms with Crippen molar-refractivity contribution in [3.8, 4) is 0 Å². The molecule has 0 saturated carbocycles. The normalized spacial score (nSPS) is 11.8. The minimum absolute atomic E-state index is 0.228. The van der Waals surface area contributed by atoms with E-state index in [1.807, 2.05) is 0 Å². The molecule has 2 rings (SSSR count). The number of rotatable bonds is 1. The Morgan fingerprint density at radius 2 is 2.11 bits per heavy atom. The molecule has 0 radical (unpaired) electrons. The smallest absolute Gasteiger partial charge is 0.399 e. The van der Waals surface area contributed by atoms with Crippen LogP contribution in [0.15, 0.2) is 18.2 Å². The summed E-state index contributed by atoms with van der Waals surface area (Å²) in [6, 6.07) is 4.42. The average molecular weight is 371 g/mol. The van der Waals surface area contributed by atoms with Gasteiger partial charge >= 0.3 is 12.1 Å². The molecule has 1 aromatic carbocycles. The summed E-state index contributed by atoms with van der Waals surface area (Å²) < 4.78 is 36.6. The number of carbonyl (C=O) groups is 1. The summed E-state index contributed by atoms with van der Waals surface area (Å²) in [7, 11) is 0. The zero-order valence-electron chi connectivity index (χ0n) is 8.53. The second-order valence-electron chi connectivity index (χ2n) is 3.32. The molecule has 1 aromatic heterocycles. The van der Waals surface area contributed by atoms with Crippen molar-refractivity contribution in [3.63, 3.8) is 0 Å². The Hall–Kier alpha value is -1.52. The maximum atomic E-state index is 12.1. The Kier molecular flexibility index (Phi) is 3.09. The number of anilines is 1. The van der Waals surface area contributed by atoms with Gasteiger partial charge in [0.15, 0.2) is 0 Å². The topological polar surface area (TPSA) is 70.1 Å². The second kappa shape index (κ2) is 4.30. The van der Waals surface area contributed by atoms with E-state index in [0.29, 0.717) is 19.6 Å². The third-order valence-electron chi connectivity index (χ3n) is 2.03. The summed E-state index contributed by atoms with van der Waals surface area (Å²) in [6.45, 7) is 0. The van der Waals surface area contributed by atoms with E-state index in [0.717, 1.165) is 0 Å². The molecule has 0 unspecified atom stereocenters. The highest BCUT2D eigenvalue weighted by Gasteiger charge is 2.42. The number of nitrogens with zero attached hydrogens (tertiary/aromatic N) is 2. The molecule has 0 bridgehead atoms. The Bertz CT molecular complexity index is 623. The average Bonchev–Trinajstić information content (AvgIpc) is 2.54. The Morgan fingerprint density at radius 1 is 1.44 bits per heavy atom. The second-order valence-corrected chi connectivity index (χ2v) is 4.34. The first kappa shape index (κ1) is 12.9. The quantitative estimate of drug-likeness (QED) is 0.613. The lowest BCUT2D eigenvalue weighted by Gasteiger charge is -2.06. The van der Waals surface area contributed by atoms with Gasteiger partial charge in [-0.25, -0.2) is 4.79 Å². The van der Waals surface area contributed by atoms with E-state index >= 15 is 0 Å². The Morgan fingerprint density at radius 3 is 2.72 bits per heavy atom. The SMILES string of the molecule is Nc1ccc2c(c1)c(I)nn2OC(=O)C(F)(F)F. The van der Waals surface area contributed by atoms with Crippen LogP contribution in [-0.2, 0) is 4.79 Å². The number of aromatic nitrogens is 2. The van der Waals surface area contributed by atoms with E-state index in [2.05, 4.69) is 9.94 Å². The maximum absolute atomic E-state index is 12.1. The van der Waals surface area contributed by atoms with Crippen molar-refractivity contribution in [1.29, 1.82) is 0 Å². The van der Waals surface area contributed by atoms with E-state index in [9.17, 15) is 18.0 Å². The lowest BCUT2D eigenvalue weighted by atomic mass is 10.2. The van der Waals surface area contributed by atoms with Gasteiger partial charge in [-0.05, 0) is 40.8 Å². The first-order valence-electron chi connectivity index (χ1n) is 4.52. The minimum Gasteiger partial charge on any atom is -0.399 e. The van der Waals surface area contributed by atoms with Crippen LogP contribution in [0.4, 0.5) is 18.9 Å². The van der Waals surface area contributed by atoms with E-state index < -0.39 is 12.1 Å². The van der Waals surface area contributed by atoms with Crippen molar-refractivity contribution in [2.75, 3.05) is 5.73 Å². The van der Waals surface area contributed by atoms with Crippen LogP contribution in [0.25, 0.3) is 10.9 Å². The predicted molar refractivity (Wildman–Crippen MR) is 64.5 cm³/mol.